The molecule has 0 radical (unpaired) electrons. The van der Waals surface area contributed by atoms with Gasteiger partial charge in [-0.25, -0.2) is 4.98 Å². The molecule has 0 fully saturated rings. The maximum absolute atomic E-state index is 11.0. The van der Waals surface area contributed by atoms with E-state index >= 15 is 0 Å². The molecule has 3 heterocycles. The summed E-state index contributed by atoms with van der Waals surface area (Å²) >= 11 is 1.44. The zero-order valence-corrected chi connectivity index (χ0v) is 10.4. The van der Waals surface area contributed by atoms with E-state index in [0.29, 0.717) is 4.88 Å². The third-order valence-corrected chi connectivity index (χ3v) is 3.84. The average molecular weight is 257 g/mol. The van der Waals surface area contributed by atoms with Gasteiger partial charge in [0.25, 0.3) is 5.91 Å². The lowest BCUT2D eigenvalue weighted by molar-refractivity contribution is 0.100. The van der Waals surface area contributed by atoms with E-state index in [2.05, 4.69) is 11.1 Å². The first-order chi connectivity index (χ1) is 8.72. The third-order valence-electron chi connectivity index (χ3n) is 2.75. The van der Waals surface area contributed by atoms with E-state index in [1.54, 1.807) is 12.3 Å². The smallest absolute Gasteiger partial charge is 0.258 e. The number of nitrogens with zero attached hydrogens (tertiary/aromatic N) is 2. The molecular formula is C13H11N3OS. The van der Waals surface area contributed by atoms with Gasteiger partial charge in [0, 0.05) is 29.9 Å². The van der Waals surface area contributed by atoms with Crippen molar-refractivity contribution in [2.24, 2.45) is 5.73 Å². The number of hydrogen-bond donors (Lipinski definition) is 1. The van der Waals surface area contributed by atoms with E-state index in [-0.39, 0.29) is 5.91 Å². The Balaban J connectivity index is 1.88. The van der Waals surface area contributed by atoms with Crippen LogP contribution in [0.4, 0.5) is 0 Å². The van der Waals surface area contributed by atoms with Gasteiger partial charge >= 0.3 is 0 Å². The number of rotatable bonds is 3. The molecule has 0 aliphatic heterocycles. The van der Waals surface area contributed by atoms with Gasteiger partial charge in [0.15, 0.2) is 0 Å². The van der Waals surface area contributed by atoms with Crippen molar-refractivity contribution in [3.8, 4) is 0 Å². The molecular weight excluding hydrogens is 246 g/mol. The summed E-state index contributed by atoms with van der Waals surface area (Å²) in [6, 6.07) is 7.82. The number of imidazole rings is 1. The van der Waals surface area contributed by atoms with Crippen molar-refractivity contribution in [3.05, 3.63) is 58.2 Å². The van der Waals surface area contributed by atoms with Crippen molar-refractivity contribution < 1.29 is 4.79 Å². The summed E-state index contributed by atoms with van der Waals surface area (Å²) in [5.41, 5.74) is 7.34. The molecule has 0 saturated carbocycles. The molecule has 0 aliphatic carbocycles. The molecule has 3 aromatic rings. The van der Waals surface area contributed by atoms with E-state index in [4.69, 9.17) is 5.73 Å². The second-order valence-corrected chi connectivity index (χ2v) is 5.20. The Morgan fingerprint density at radius 2 is 2.22 bits per heavy atom. The number of fused-ring (bicyclic) bond motifs is 1. The first kappa shape index (κ1) is 11.0. The number of thiophene rings is 1. The number of carbonyl (C=O) groups is 1. The van der Waals surface area contributed by atoms with Crippen LogP contribution >= 0.6 is 11.3 Å². The largest absolute Gasteiger partial charge is 0.365 e. The fraction of sp³-hybridized carbons (Fsp3) is 0.0769. The van der Waals surface area contributed by atoms with Crippen molar-refractivity contribution in [1.82, 2.24) is 9.38 Å². The first-order valence-corrected chi connectivity index (χ1v) is 6.34. The Bertz CT molecular complexity index is 714. The molecule has 2 N–H and O–H groups in total. The van der Waals surface area contributed by atoms with E-state index < -0.39 is 0 Å². The number of aromatic nitrogens is 2. The van der Waals surface area contributed by atoms with E-state index in [1.807, 2.05) is 28.9 Å². The van der Waals surface area contributed by atoms with Crippen LogP contribution in [-0.4, -0.2) is 15.3 Å². The van der Waals surface area contributed by atoms with E-state index in [0.717, 1.165) is 16.9 Å². The first-order valence-electron chi connectivity index (χ1n) is 5.52. The summed E-state index contributed by atoms with van der Waals surface area (Å²) in [5, 5.41) is 0. The van der Waals surface area contributed by atoms with E-state index in [1.165, 1.54) is 16.9 Å². The van der Waals surface area contributed by atoms with Gasteiger partial charge in [-0.2, -0.15) is 0 Å². The molecule has 1 amide bonds. The topological polar surface area (TPSA) is 60.4 Å². The lowest BCUT2D eigenvalue weighted by Crippen LogP contribution is -2.08. The fourth-order valence-electron chi connectivity index (χ4n) is 1.87. The molecule has 0 spiro atoms. The van der Waals surface area contributed by atoms with Gasteiger partial charge in [-0.1, -0.05) is 0 Å². The van der Waals surface area contributed by atoms with Crippen LogP contribution in [0.15, 0.2) is 42.9 Å². The molecule has 4 nitrogen and oxygen atoms in total. The number of nitrogens with two attached hydrogens (primary N) is 1. The maximum atomic E-state index is 11.0. The van der Waals surface area contributed by atoms with Crippen LogP contribution in [0, 0.1) is 0 Å². The van der Waals surface area contributed by atoms with Crippen LogP contribution in [-0.2, 0) is 6.42 Å². The van der Waals surface area contributed by atoms with Crippen molar-refractivity contribution >= 4 is 22.9 Å². The summed E-state index contributed by atoms with van der Waals surface area (Å²) in [6.45, 7) is 0. The average Bonchev–Trinajstić information content (AvgIpc) is 2.96. The predicted molar refractivity (Wildman–Crippen MR) is 70.8 cm³/mol. The van der Waals surface area contributed by atoms with E-state index in [9.17, 15) is 4.79 Å². The minimum atomic E-state index is -0.366. The van der Waals surface area contributed by atoms with Crippen LogP contribution in [0.2, 0.25) is 0 Å². The van der Waals surface area contributed by atoms with Crippen LogP contribution in [0.5, 0.6) is 0 Å². The normalized spacial score (nSPS) is 10.9. The molecule has 0 saturated heterocycles. The summed E-state index contributed by atoms with van der Waals surface area (Å²) in [5.74, 6) is -0.366. The van der Waals surface area contributed by atoms with Crippen molar-refractivity contribution in [2.45, 2.75) is 6.42 Å². The van der Waals surface area contributed by atoms with Gasteiger partial charge in [-0.15, -0.1) is 11.3 Å². The molecule has 0 aromatic carbocycles. The highest BCUT2D eigenvalue weighted by atomic mass is 32.1. The Hall–Kier alpha value is -2.14. The Labute approximate surface area is 108 Å². The molecule has 5 heteroatoms. The SMILES string of the molecule is NC(=O)c1ccc(Cc2ccn3ccnc3c2)s1. The van der Waals surface area contributed by atoms with Gasteiger partial charge < -0.3 is 10.1 Å². The summed E-state index contributed by atoms with van der Waals surface area (Å²) in [6.07, 6.45) is 6.46. The minimum absolute atomic E-state index is 0.366. The van der Waals surface area contributed by atoms with Crippen molar-refractivity contribution in [2.75, 3.05) is 0 Å². The number of primary amides is 1. The van der Waals surface area contributed by atoms with Crippen LogP contribution in [0.3, 0.4) is 0 Å². The Kier molecular flexibility index (Phi) is 2.60. The highest BCUT2D eigenvalue weighted by Gasteiger charge is 2.06. The maximum Gasteiger partial charge on any atom is 0.258 e. The number of amides is 1. The molecule has 90 valence electrons. The van der Waals surface area contributed by atoms with Crippen molar-refractivity contribution in [3.63, 3.8) is 0 Å². The molecule has 0 aliphatic rings. The standard InChI is InChI=1S/C13H11N3OS/c14-13(17)11-2-1-10(18-11)7-9-3-5-16-6-4-15-12(16)8-9/h1-6,8H,7H2,(H2,14,17). The fourth-order valence-corrected chi connectivity index (χ4v) is 2.76. The summed E-state index contributed by atoms with van der Waals surface area (Å²) in [7, 11) is 0. The molecule has 18 heavy (non-hydrogen) atoms. The second kappa shape index (κ2) is 4.27. The number of carbonyl (C=O) groups excluding carboxylic acids is 1. The van der Waals surface area contributed by atoms with Crippen LogP contribution in [0.25, 0.3) is 5.65 Å². The number of pyridine rings is 1. The van der Waals surface area contributed by atoms with Gasteiger partial charge in [0.1, 0.15) is 5.65 Å². The Morgan fingerprint density at radius 3 is 3.00 bits per heavy atom. The van der Waals surface area contributed by atoms with Crippen LogP contribution in [0.1, 0.15) is 20.1 Å². The zero-order valence-electron chi connectivity index (χ0n) is 9.54. The highest BCUT2D eigenvalue weighted by molar-refractivity contribution is 7.14. The zero-order chi connectivity index (χ0) is 12.5. The highest BCUT2D eigenvalue weighted by Crippen LogP contribution is 2.20. The minimum Gasteiger partial charge on any atom is -0.365 e. The van der Waals surface area contributed by atoms with Gasteiger partial charge in [-0.3, -0.25) is 4.79 Å². The van der Waals surface area contributed by atoms with Gasteiger partial charge in [0.2, 0.25) is 0 Å². The van der Waals surface area contributed by atoms with Crippen LogP contribution < -0.4 is 5.73 Å². The molecule has 3 rings (SSSR count). The van der Waals surface area contributed by atoms with Gasteiger partial charge in [-0.05, 0) is 29.8 Å². The molecule has 0 atom stereocenters. The quantitative estimate of drug-likeness (QED) is 0.781. The second-order valence-electron chi connectivity index (χ2n) is 4.03. The molecule has 0 unspecified atom stereocenters. The monoisotopic (exact) mass is 257 g/mol. The molecule has 0 bridgehead atoms. The lowest BCUT2D eigenvalue weighted by Gasteiger charge is -2.00. The third kappa shape index (κ3) is 2.00. The number of hydrogen-bond acceptors (Lipinski definition) is 3. The predicted octanol–water partition coefficient (Wildman–Crippen LogP) is 2.09. The Morgan fingerprint density at radius 1 is 1.33 bits per heavy atom. The van der Waals surface area contributed by atoms with Gasteiger partial charge in [0.05, 0.1) is 4.88 Å². The molecule has 3 aromatic heterocycles. The summed E-state index contributed by atoms with van der Waals surface area (Å²) < 4.78 is 1.97. The lowest BCUT2D eigenvalue weighted by atomic mass is 10.2. The summed E-state index contributed by atoms with van der Waals surface area (Å²) in [4.78, 5) is 17.0. The van der Waals surface area contributed by atoms with Crippen molar-refractivity contribution in [1.29, 1.82) is 0 Å².